The van der Waals surface area contributed by atoms with Gasteiger partial charge in [0.25, 0.3) is 0 Å². The average Bonchev–Trinajstić information content (AvgIpc) is 3.00. The fourth-order valence-electron chi connectivity index (χ4n) is 1.64. The Morgan fingerprint density at radius 2 is 2.12 bits per heavy atom. The first-order chi connectivity index (χ1) is 8.34. The molecular formula is C11H9N5O. The van der Waals surface area contributed by atoms with Crippen molar-refractivity contribution < 1.29 is 4.52 Å². The van der Waals surface area contributed by atoms with Crippen LogP contribution >= 0.6 is 0 Å². The van der Waals surface area contributed by atoms with Gasteiger partial charge in [0.05, 0.1) is 5.69 Å². The van der Waals surface area contributed by atoms with Crippen LogP contribution in [0.5, 0.6) is 0 Å². The monoisotopic (exact) mass is 227 g/mol. The average molecular weight is 227 g/mol. The normalized spacial score (nSPS) is 10.6. The van der Waals surface area contributed by atoms with Crippen LogP contribution in [0.4, 0.5) is 5.88 Å². The molecule has 2 heterocycles. The summed E-state index contributed by atoms with van der Waals surface area (Å²) in [5.41, 5.74) is 7.96. The van der Waals surface area contributed by atoms with E-state index in [1.807, 2.05) is 24.3 Å². The Labute approximate surface area is 96.7 Å². The van der Waals surface area contributed by atoms with Crippen LogP contribution in [0.2, 0.25) is 0 Å². The molecule has 0 unspecified atom stereocenters. The predicted octanol–water partition coefficient (Wildman–Crippen LogP) is 1.50. The van der Waals surface area contributed by atoms with Crippen LogP contribution in [-0.2, 0) is 0 Å². The SMILES string of the molecule is Nc1cc(-c2ccccc2-n2cncn2)no1. The summed E-state index contributed by atoms with van der Waals surface area (Å²) in [6, 6.07) is 9.36. The van der Waals surface area contributed by atoms with Gasteiger partial charge in [0.15, 0.2) is 0 Å². The first-order valence-electron chi connectivity index (χ1n) is 5.01. The molecule has 0 bridgehead atoms. The molecule has 0 radical (unpaired) electrons. The van der Waals surface area contributed by atoms with Gasteiger partial charge in [-0.05, 0) is 6.07 Å². The molecule has 0 atom stereocenters. The molecule has 6 heteroatoms. The van der Waals surface area contributed by atoms with Crippen LogP contribution in [0.25, 0.3) is 16.9 Å². The van der Waals surface area contributed by atoms with E-state index in [9.17, 15) is 0 Å². The number of nitrogens with zero attached hydrogens (tertiary/aromatic N) is 4. The Bertz CT molecular complexity index is 629. The van der Waals surface area contributed by atoms with E-state index in [1.165, 1.54) is 6.33 Å². The van der Waals surface area contributed by atoms with Crippen molar-refractivity contribution in [1.29, 1.82) is 0 Å². The van der Waals surface area contributed by atoms with Gasteiger partial charge in [0, 0.05) is 11.6 Å². The van der Waals surface area contributed by atoms with E-state index in [-0.39, 0.29) is 5.88 Å². The van der Waals surface area contributed by atoms with E-state index in [1.54, 1.807) is 17.1 Å². The smallest absolute Gasteiger partial charge is 0.222 e. The summed E-state index contributed by atoms with van der Waals surface area (Å²) >= 11 is 0. The molecule has 0 amide bonds. The van der Waals surface area contributed by atoms with Crippen molar-refractivity contribution >= 4 is 5.88 Å². The fraction of sp³-hybridized carbons (Fsp3) is 0. The largest absolute Gasteiger partial charge is 0.368 e. The Kier molecular flexibility index (Phi) is 2.11. The molecule has 6 nitrogen and oxygen atoms in total. The second-order valence-electron chi connectivity index (χ2n) is 3.47. The minimum atomic E-state index is 0.286. The van der Waals surface area contributed by atoms with Crippen molar-refractivity contribution in [3.63, 3.8) is 0 Å². The topological polar surface area (TPSA) is 82.8 Å². The van der Waals surface area contributed by atoms with Gasteiger partial charge in [-0.25, -0.2) is 9.67 Å². The van der Waals surface area contributed by atoms with Gasteiger partial charge in [-0.1, -0.05) is 23.4 Å². The van der Waals surface area contributed by atoms with E-state index < -0.39 is 0 Å². The van der Waals surface area contributed by atoms with E-state index >= 15 is 0 Å². The van der Waals surface area contributed by atoms with E-state index in [4.69, 9.17) is 10.3 Å². The number of hydrogen-bond acceptors (Lipinski definition) is 5. The zero-order valence-corrected chi connectivity index (χ0v) is 8.82. The fourth-order valence-corrected chi connectivity index (χ4v) is 1.64. The maximum absolute atomic E-state index is 5.52. The third-order valence-corrected chi connectivity index (χ3v) is 2.37. The maximum Gasteiger partial charge on any atom is 0.222 e. The number of anilines is 1. The highest BCUT2D eigenvalue weighted by Gasteiger charge is 2.10. The highest BCUT2D eigenvalue weighted by molar-refractivity contribution is 5.70. The summed E-state index contributed by atoms with van der Waals surface area (Å²) in [7, 11) is 0. The number of hydrogen-bond donors (Lipinski definition) is 1. The van der Waals surface area contributed by atoms with Crippen LogP contribution in [0.1, 0.15) is 0 Å². The van der Waals surface area contributed by atoms with E-state index in [0.717, 1.165) is 11.3 Å². The van der Waals surface area contributed by atoms with E-state index in [2.05, 4.69) is 15.2 Å². The maximum atomic E-state index is 5.52. The molecule has 0 aliphatic carbocycles. The Hall–Kier alpha value is -2.63. The van der Waals surface area contributed by atoms with Crippen molar-refractivity contribution in [2.24, 2.45) is 0 Å². The summed E-state index contributed by atoms with van der Waals surface area (Å²) in [6.45, 7) is 0. The molecule has 17 heavy (non-hydrogen) atoms. The summed E-state index contributed by atoms with van der Waals surface area (Å²) in [5.74, 6) is 0.286. The van der Waals surface area contributed by atoms with Crippen LogP contribution in [0.3, 0.4) is 0 Å². The molecule has 0 spiro atoms. The molecule has 2 N–H and O–H groups in total. The Balaban J connectivity index is 2.17. The lowest BCUT2D eigenvalue weighted by Gasteiger charge is -2.05. The number of rotatable bonds is 2. The predicted molar refractivity (Wildman–Crippen MR) is 61.3 cm³/mol. The van der Waals surface area contributed by atoms with Crippen molar-refractivity contribution in [3.8, 4) is 16.9 Å². The second kappa shape index (κ2) is 3.75. The van der Waals surface area contributed by atoms with Crippen molar-refractivity contribution in [2.45, 2.75) is 0 Å². The minimum Gasteiger partial charge on any atom is -0.368 e. The lowest BCUT2D eigenvalue weighted by atomic mass is 10.1. The summed E-state index contributed by atoms with van der Waals surface area (Å²) in [6.07, 6.45) is 3.11. The number of aromatic nitrogens is 4. The highest BCUT2D eigenvalue weighted by Crippen LogP contribution is 2.26. The quantitative estimate of drug-likeness (QED) is 0.717. The molecular weight excluding hydrogens is 218 g/mol. The molecule has 84 valence electrons. The molecule has 0 aliphatic rings. The van der Waals surface area contributed by atoms with Gasteiger partial charge < -0.3 is 10.3 Å². The Morgan fingerprint density at radius 1 is 1.24 bits per heavy atom. The first-order valence-corrected chi connectivity index (χ1v) is 5.01. The number of para-hydroxylation sites is 1. The van der Waals surface area contributed by atoms with Crippen LogP contribution in [-0.4, -0.2) is 19.9 Å². The molecule has 3 rings (SSSR count). The summed E-state index contributed by atoms with van der Waals surface area (Å²) < 4.78 is 6.54. The summed E-state index contributed by atoms with van der Waals surface area (Å²) in [4.78, 5) is 3.92. The molecule has 3 aromatic rings. The van der Waals surface area contributed by atoms with Gasteiger partial charge in [0.2, 0.25) is 5.88 Å². The van der Waals surface area contributed by atoms with Gasteiger partial charge >= 0.3 is 0 Å². The van der Waals surface area contributed by atoms with Gasteiger partial charge in [-0.2, -0.15) is 5.10 Å². The van der Waals surface area contributed by atoms with Crippen molar-refractivity contribution in [3.05, 3.63) is 43.0 Å². The highest BCUT2D eigenvalue weighted by atomic mass is 16.5. The minimum absolute atomic E-state index is 0.286. The lowest BCUT2D eigenvalue weighted by Crippen LogP contribution is -1.97. The molecule has 2 aromatic heterocycles. The van der Waals surface area contributed by atoms with Crippen molar-refractivity contribution in [1.82, 2.24) is 19.9 Å². The Morgan fingerprint density at radius 3 is 2.82 bits per heavy atom. The summed E-state index contributed by atoms with van der Waals surface area (Å²) in [5, 5.41) is 7.99. The molecule has 0 saturated carbocycles. The number of nitrogens with two attached hydrogens (primary N) is 1. The van der Waals surface area contributed by atoms with Gasteiger partial charge in [-0.3, -0.25) is 0 Å². The van der Waals surface area contributed by atoms with Crippen LogP contribution < -0.4 is 5.73 Å². The lowest BCUT2D eigenvalue weighted by molar-refractivity contribution is 0.439. The zero-order chi connectivity index (χ0) is 11.7. The molecule has 0 fully saturated rings. The molecule has 0 aliphatic heterocycles. The first kappa shape index (κ1) is 9.59. The third-order valence-electron chi connectivity index (χ3n) is 2.37. The molecule has 1 aromatic carbocycles. The van der Waals surface area contributed by atoms with Crippen LogP contribution in [0, 0.1) is 0 Å². The second-order valence-corrected chi connectivity index (χ2v) is 3.47. The number of nitrogen functional groups attached to an aromatic ring is 1. The van der Waals surface area contributed by atoms with Crippen molar-refractivity contribution in [2.75, 3.05) is 5.73 Å². The number of benzene rings is 1. The van der Waals surface area contributed by atoms with Gasteiger partial charge in [-0.15, -0.1) is 0 Å². The standard InChI is InChI=1S/C11H9N5O/c12-11-5-9(15-17-11)8-3-1-2-4-10(8)16-7-13-6-14-16/h1-7H,12H2. The van der Waals surface area contributed by atoms with Gasteiger partial charge in [0.1, 0.15) is 18.3 Å². The molecule has 0 saturated heterocycles. The van der Waals surface area contributed by atoms with Crippen LogP contribution in [0.15, 0.2) is 47.5 Å². The van der Waals surface area contributed by atoms with E-state index in [0.29, 0.717) is 5.69 Å². The third kappa shape index (κ3) is 1.65. The zero-order valence-electron chi connectivity index (χ0n) is 8.82.